The number of aromatic nitrogens is 2. The smallest absolute Gasteiger partial charge is 0.293 e. The van der Waals surface area contributed by atoms with Crippen molar-refractivity contribution < 1.29 is 18.0 Å². The summed E-state index contributed by atoms with van der Waals surface area (Å²) in [5.74, 6) is -4.10. The number of hydrogen-bond acceptors (Lipinski definition) is 4. The highest BCUT2D eigenvalue weighted by Crippen LogP contribution is 2.30. The highest BCUT2D eigenvalue weighted by Gasteiger charge is 2.20. The number of carbonyl (C=O) groups excluding carboxylic acids is 1. The van der Waals surface area contributed by atoms with Crippen LogP contribution in [-0.2, 0) is 13.0 Å². The molecule has 1 heterocycles. The Morgan fingerprint density at radius 3 is 2.57 bits per heavy atom. The number of nitrogens with one attached hydrogen (secondary N) is 1. The van der Waals surface area contributed by atoms with E-state index >= 15 is 0 Å². The Morgan fingerprint density at radius 2 is 1.83 bits per heavy atom. The molecule has 1 N–H and O–H groups in total. The summed E-state index contributed by atoms with van der Waals surface area (Å²) >= 11 is 5.90. The SMILES string of the molecule is O=C1CCCc2c(Nc3nc(=O)c(Cl)cn3Cc3cc(F)c(F)c(F)c3)cccc21. The van der Waals surface area contributed by atoms with E-state index in [9.17, 15) is 22.8 Å². The maximum absolute atomic E-state index is 13.6. The third-order valence-corrected chi connectivity index (χ3v) is 5.16. The lowest BCUT2D eigenvalue weighted by molar-refractivity contribution is 0.0972. The van der Waals surface area contributed by atoms with Crippen LogP contribution in [0.15, 0.2) is 41.3 Å². The van der Waals surface area contributed by atoms with Crippen LogP contribution in [0, 0.1) is 17.5 Å². The fourth-order valence-electron chi connectivity index (χ4n) is 3.50. The van der Waals surface area contributed by atoms with Gasteiger partial charge in [0, 0.05) is 23.9 Å². The third kappa shape index (κ3) is 3.82. The van der Waals surface area contributed by atoms with E-state index in [1.54, 1.807) is 18.2 Å². The first-order chi connectivity index (χ1) is 14.3. The van der Waals surface area contributed by atoms with E-state index in [0.717, 1.165) is 17.7 Å². The Balaban J connectivity index is 1.75. The highest BCUT2D eigenvalue weighted by atomic mass is 35.5. The topological polar surface area (TPSA) is 64.0 Å². The van der Waals surface area contributed by atoms with Crippen LogP contribution in [0.5, 0.6) is 0 Å². The van der Waals surface area contributed by atoms with E-state index in [2.05, 4.69) is 10.3 Å². The average molecular weight is 434 g/mol. The molecule has 0 bridgehead atoms. The molecule has 0 radical (unpaired) electrons. The van der Waals surface area contributed by atoms with Gasteiger partial charge in [-0.1, -0.05) is 23.7 Å². The molecule has 1 aromatic heterocycles. The second-order valence-electron chi connectivity index (χ2n) is 6.95. The standard InChI is InChI=1S/C21H15ClF3N3O2/c22-14-10-28(9-11-7-15(23)19(25)16(24)8-11)21(27-20(14)30)26-17-5-1-4-13-12(17)3-2-6-18(13)29/h1,4-5,7-8,10H,2-3,6,9H2,(H,26,27,30). The molecular formula is C21H15ClF3N3O2. The molecule has 0 fully saturated rings. The fraction of sp³-hybridized carbons (Fsp3) is 0.190. The number of benzene rings is 2. The molecule has 30 heavy (non-hydrogen) atoms. The molecule has 0 amide bonds. The second kappa shape index (κ2) is 7.95. The number of carbonyl (C=O) groups is 1. The van der Waals surface area contributed by atoms with E-state index in [1.165, 1.54) is 10.8 Å². The molecule has 0 unspecified atom stereocenters. The molecule has 0 saturated heterocycles. The van der Waals surface area contributed by atoms with Gasteiger partial charge in [0.05, 0.1) is 6.54 Å². The number of fused-ring (bicyclic) bond motifs is 1. The van der Waals surface area contributed by atoms with Gasteiger partial charge in [-0.15, -0.1) is 0 Å². The molecule has 0 aliphatic heterocycles. The first-order valence-electron chi connectivity index (χ1n) is 9.16. The van der Waals surface area contributed by atoms with Crippen molar-refractivity contribution in [3.05, 3.63) is 86.0 Å². The maximum atomic E-state index is 13.6. The van der Waals surface area contributed by atoms with Gasteiger partial charge >= 0.3 is 0 Å². The number of halogens is 4. The lowest BCUT2D eigenvalue weighted by atomic mass is 9.89. The fourth-order valence-corrected chi connectivity index (χ4v) is 3.66. The predicted molar refractivity (Wildman–Crippen MR) is 106 cm³/mol. The summed E-state index contributed by atoms with van der Waals surface area (Å²) in [7, 11) is 0. The van der Waals surface area contributed by atoms with Crippen molar-refractivity contribution in [3.63, 3.8) is 0 Å². The molecule has 9 heteroatoms. The summed E-state index contributed by atoms with van der Waals surface area (Å²) in [6.45, 7) is -0.128. The minimum absolute atomic E-state index is 0.0404. The van der Waals surface area contributed by atoms with Crippen molar-refractivity contribution in [2.45, 2.75) is 25.8 Å². The van der Waals surface area contributed by atoms with Gasteiger partial charge in [0.2, 0.25) is 5.95 Å². The maximum Gasteiger partial charge on any atom is 0.293 e. The minimum atomic E-state index is -1.56. The summed E-state index contributed by atoms with van der Waals surface area (Å²) in [5.41, 5.74) is 1.44. The molecule has 2 aromatic carbocycles. The molecule has 154 valence electrons. The van der Waals surface area contributed by atoms with Crippen LogP contribution < -0.4 is 10.9 Å². The number of hydrogen-bond donors (Lipinski definition) is 1. The lowest BCUT2D eigenvalue weighted by Gasteiger charge is -2.20. The molecular weight excluding hydrogens is 419 g/mol. The van der Waals surface area contributed by atoms with Crippen molar-refractivity contribution in [2.24, 2.45) is 0 Å². The van der Waals surface area contributed by atoms with Crippen LogP contribution in [0.25, 0.3) is 0 Å². The normalized spacial score (nSPS) is 13.3. The van der Waals surface area contributed by atoms with Crippen LogP contribution in [0.1, 0.15) is 34.3 Å². The van der Waals surface area contributed by atoms with Crippen LogP contribution in [0.4, 0.5) is 24.8 Å². The Labute approximate surface area is 174 Å². The highest BCUT2D eigenvalue weighted by molar-refractivity contribution is 6.30. The van der Waals surface area contributed by atoms with Gasteiger partial charge in [-0.2, -0.15) is 4.98 Å². The van der Waals surface area contributed by atoms with Gasteiger partial charge in [0.15, 0.2) is 23.2 Å². The number of Topliss-reactive ketones (excluding diaryl/α,β-unsaturated/α-hetero) is 1. The van der Waals surface area contributed by atoms with Gasteiger partial charge in [-0.25, -0.2) is 13.2 Å². The monoisotopic (exact) mass is 433 g/mol. The summed E-state index contributed by atoms with van der Waals surface area (Å²) < 4.78 is 41.8. The van der Waals surface area contributed by atoms with Gasteiger partial charge in [-0.05, 0) is 42.2 Å². The van der Waals surface area contributed by atoms with Crippen molar-refractivity contribution in [2.75, 3.05) is 5.32 Å². The predicted octanol–water partition coefficient (Wildman–Crippen LogP) is 4.62. The molecule has 0 saturated carbocycles. The summed E-state index contributed by atoms with van der Waals surface area (Å²) in [6, 6.07) is 6.93. The third-order valence-electron chi connectivity index (χ3n) is 4.90. The number of ketones is 1. The van der Waals surface area contributed by atoms with E-state index in [4.69, 9.17) is 11.6 Å². The summed E-state index contributed by atoms with van der Waals surface area (Å²) in [4.78, 5) is 28.1. The van der Waals surface area contributed by atoms with Gasteiger partial charge in [0.25, 0.3) is 5.56 Å². The van der Waals surface area contributed by atoms with Crippen LogP contribution >= 0.6 is 11.6 Å². The Morgan fingerprint density at radius 1 is 1.10 bits per heavy atom. The summed E-state index contributed by atoms with van der Waals surface area (Å²) in [6.07, 6.45) is 3.14. The quantitative estimate of drug-likeness (QED) is 0.609. The van der Waals surface area contributed by atoms with E-state index in [-0.39, 0.29) is 28.9 Å². The van der Waals surface area contributed by atoms with Gasteiger partial charge in [0.1, 0.15) is 5.02 Å². The van der Waals surface area contributed by atoms with Crippen molar-refractivity contribution in [3.8, 4) is 0 Å². The summed E-state index contributed by atoms with van der Waals surface area (Å²) in [5, 5.41) is 2.84. The minimum Gasteiger partial charge on any atom is -0.325 e. The van der Waals surface area contributed by atoms with Gasteiger partial charge < -0.3 is 9.88 Å². The van der Waals surface area contributed by atoms with Crippen LogP contribution in [0.2, 0.25) is 5.02 Å². The lowest BCUT2D eigenvalue weighted by Crippen LogP contribution is -2.19. The number of rotatable bonds is 4. The molecule has 3 aromatic rings. The molecule has 1 aliphatic carbocycles. The molecule has 0 atom stereocenters. The van der Waals surface area contributed by atoms with Gasteiger partial charge in [-0.3, -0.25) is 9.59 Å². The first-order valence-corrected chi connectivity index (χ1v) is 9.54. The number of nitrogens with zero attached hydrogens (tertiary/aromatic N) is 2. The molecule has 5 nitrogen and oxygen atoms in total. The molecule has 4 rings (SSSR count). The second-order valence-corrected chi connectivity index (χ2v) is 7.36. The van der Waals surface area contributed by atoms with Crippen LogP contribution in [-0.4, -0.2) is 15.3 Å². The number of anilines is 2. The van der Waals surface area contributed by atoms with E-state index in [1.807, 2.05) is 0 Å². The van der Waals surface area contributed by atoms with E-state index in [0.29, 0.717) is 30.5 Å². The Hall–Kier alpha value is -3.13. The zero-order valence-electron chi connectivity index (χ0n) is 15.5. The van der Waals surface area contributed by atoms with Crippen LogP contribution in [0.3, 0.4) is 0 Å². The Kier molecular flexibility index (Phi) is 5.34. The zero-order chi connectivity index (χ0) is 21.4. The first kappa shape index (κ1) is 20.2. The Bertz CT molecular complexity index is 1200. The largest absolute Gasteiger partial charge is 0.325 e. The van der Waals surface area contributed by atoms with Crippen molar-refractivity contribution in [1.29, 1.82) is 0 Å². The molecule has 0 spiro atoms. The van der Waals surface area contributed by atoms with Crippen molar-refractivity contribution in [1.82, 2.24) is 9.55 Å². The molecule has 1 aliphatic rings. The zero-order valence-corrected chi connectivity index (χ0v) is 16.3. The average Bonchev–Trinajstić information content (AvgIpc) is 2.70. The van der Waals surface area contributed by atoms with E-state index < -0.39 is 23.0 Å². The van der Waals surface area contributed by atoms with Crippen molar-refractivity contribution >= 4 is 29.0 Å².